The van der Waals surface area contributed by atoms with Gasteiger partial charge in [-0.1, -0.05) is 97.1 Å². The number of amidine groups is 4. The van der Waals surface area contributed by atoms with Gasteiger partial charge in [-0.05, 0) is 102 Å². The van der Waals surface area contributed by atoms with E-state index in [9.17, 15) is 0 Å². The summed E-state index contributed by atoms with van der Waals surface area (Å²) < 4.78 is 0. The Hall–Kier alpha value is -7.24. The first-order valence-electron chi connectivity index (χ1n) is 18.5. The Bertz CT molecular complexity index is 3500. The van der Waals surface area contributed by atoms with Crippen LogP contribution in [0.2, 0.25) is 0 Å². The third kappa shape index (κ3) is 4.82. The van der Waals surface area contributed by atoms with Crippen molar-refractivity contribution in [3.05, 3.63) is 189 Å². The second kappa shape index (κ2) is 11.9. The maximum Gasteiger partial charge on any atom is 1.00 e. The minimum atomic E-state index is 0. The first kappa shape index (κ1) is 32.0. The number of hydrogen-bond acceptors (Lipinski definition) is 6. The van der Waals surface area contributed by atoms with E-state index in [2.05, 4.69) is 97.1 Å². The van der Waals surface area contributed by atoms with Crippen molar-refractivity contribution in [2.45, 2.75) is 0 Å². The molecular weight excluding hydrogens is 696 g/mol. The average molecular weight is 720 g/mol. The second-order valence-corrected chi connectivity index (χ2v) is 14.5. The third-order valence-electron chi connectivity index (χ3n) is 11.2. The molecule has 0 N–H and O–H groups in total. The molecule has 0 amide bonds. The summed E-state index contributed by atoms with van der Waals surface area (Å²) in [6.07, 6.45) is 0. The number of aromatic nitrogens is 1. The molecule has 4 aliphatic heterocycles. The monoisotopic (exact) mass is 719 g/mol. The molecule has 0 atom stereocenters. The molecule has 9 heteroatoms. The summed E-state index contributed by atoms with van der Waals surface area (Å²) in [7, 11) is 0. The van der Waals surface area contributed by atoms with E-state index in [0.717, 1.165) is 86.6 Å². The van der Waals surface area contributed by atoms with Gasteiger partial charge in [-0.15, -0.1) is 0 Å². The van der Waals surface area contributed by atoms with Crippen LogP contribution in [-0.2, 0) is 0 Å². The fourth-order valence-corrected chi connectivity index (χ4v) is 8.41. The van der Waals surface area contributed by atoms with E-state index >= 15 is 0 Å². The van der Waals surface area contributed by atoms with Crippen molar-refractivity contribution in [3.8, 4) is 0 Å². The van der Waals surface area contributed by atoms with Crippen LogP contribution >= 0.6 is 0 Å². The number of benzene rings is 8. The molecule has 1 aromatic heterocycles. The molecule has 0 aliphatic carbocycles. The van der Waals surface area contributed by atoms with Crippen LogP contribution in [0.5, 0.6) is 0 Å². The molecule has 4 aliphatic rings. The fraction of sp³-hybridized carbons (Fsp3) is 0. The first-order chi connectivity index (χ1) is 27.7. The summed E-state index contributed by atoms with van der Waals surface area (Å²) in [5, 5.41) is 17.4. The van der Waals surface area contributed by atoms with Crippen LogP contribution in [0.3, 0.4) is 0 Å². The normalized spacial score (nSPS) is 14.9. The largest absolute Gasteiger partial charge is 1.00 e. The van der Waals surface area contributed by atoms with Gasteiger partial charge in [0.15, 0.2) is 23.3 Å². The molecule has 8 nitrogen and oxygen atoms in total. The summed E-state index contributed by atoms with van der Waals surface area (Å²) in [4.78, 5) is 36.4. The van der Waals surface area contributed by atoms with Gasteiger partial charge in [0.25, 0.3) is 0 Å². The minimum absolute atomic E-state index is 0. The number of hydrogen-bond donors (Lipinski definition) is 0. The summed E-state index contributed by atoms with van der Waals surface area (Å²) in [5.41, 5.74) is 4.60. The molecule has 0 saturated carbocycles. The molecule has 9 aromatic rings. The first-order valence-corrected chi connectivity index (χ1v) is 18.5. The molecule has 0 saturated heterocycles. The molecule has 0 spiro atoms. The molecule has 5 heterocycles. The van der Waals surface area contributed by atoms with Crippen molar-refractivity contribution in [1.29, 1.82) is 0 Å². The zero-order valence-corrected chi connectivity index (χ0v) is 30.4. The van der Waals surface area contributed by atoms with E-state index in [-0.39, 0.29) is 18.9 Å². The van der Waals surface area contributed by atoms with Gasteiger partial charge >= 0.3 is 18.9 Å². The predicted octanol–water partition coefficient (Wildman–Crippen LogP) is 3.53. The average Bonchev–Trinajstić information content (AvgIpc) is 3.95. The number of aliphatic imine (C=N–C) groups is 4. The molecule has 0 fully saturated rings. The zero-order valence-electron chi connectivity index (χ0n) is 30.4. The summed E-state index contributed by atoms with van der Waals surface area (Å²) in [5.74, 6) is 3.21. The molecule has 0 unspecified atom stereocenters. The number of nitrogens with zero attached hydrogens (tertiary/aromatic N) is 8. The van der Waals surface area contributed by atoms with Crippen LogP contribution in [0.1, 0.15) is 22.3 Å². The minimum Gasteiger partial charge on any atom is -0.357 e. The molecule has 13 rings (SSSR count). The van der Waals surface area contributed by atoms with Gasteiger partial charge in [-0.25, -0.2) is 25.3 Å². The Morgan fingerprint density at radius 2 is 0.614 bits per heavy atom. The molecule has 1 radical (unpaired) electrons. The van der Waals surface area contributed by atoms with Gasteiger partial charge in [0.2, 0.25) is 0 Å². The summed E-state index contributed by atoms with van der Waals surface area (Å²) in [6.45, 7) is 0. The molecule has 57 heavy (non-hydrogen) atoms. The molecular formula is C48H24LiN8. The van der Waals surface area contributed by atoms with E-state index in [1.807, 2.05) is 48.5 Å². The number of fused-ring (bicyclic) bond motifs is 20. The maximum atomic E-state index is 5.24. The van der Waals surface area contributed by atoms with Gasteiger partial charge in [0, 0.05) is 43.7 Å². The van der Waals surface area contributed by atoms with Gasteiger partial charge in [-0.2, -0.15) is 0 Å². The van der Waals surface area contributed by atoms with Crippen molar-refractivity contribution in [1.82, 2.24) is 10.3 Å². The molecule has 8 aromatic carbocycles. The Labute approximate surface area is 335 Å². The van der Waals surface area contributed by atoms with Crippen LogP contribution in [0.15, 0.2) is 176 Å². The Morgan fingerprint density at radius 1 is 0.316 bits per heavy atom. The summed E-state index contributed by atoms with van der Waals surface area (Å²) >= 11 is 0. The standard InChI is InChI=1S/C48H24N8.Li/c1-2-10-26-18-34-33(17-25(26)9-1)41-49-42(34)54-44-37-21-29-13-5-6-14-30(29)22-38(37)46(51-44)56-48-40-24-32-16-8-7-15-31(32)23-39(40)47(52-48)55-45-36-20-28-12-4-3-11-27(28)19-35(36)43(50-45)53-41;/h1-24H;/q-1;+1. The van der Waals surface area contributed by atoms with Crippen LogP contribution in [0, 0.1) is 0 Å². The molecule has 257 valence electrons. The second-order valence-electron chi connectivity index (χ2n) is 14.5. The third-order valence-corrected chi connectivity index (χ3v) is 11.2. The van der Waals surface area contributed by atoms with Crippen LogP contribution in [0.25, 0.3) is 65.5 Å². The van der Waals surface area contributed by atoms with E-state index in [1.165, 1.54) is 0 Å². The van der Waals surface area contributed by atoms with Gasteiger partial charge in [-0.3, -0.25) is 0 Å². The fourth-order valence-electron chi connectivity index (χ4n) is 8.41. The van der Waals surface area contributed by atoms with Gasteiger partial charge < -0.3 is 15.0 Å². The van der Waals surface area contributed by atoms with E-state index in [4.69, 9.17) is 40.3 Å². The van der Waals surface area contributed by atoms with Crippen molar-refractivity contribution < 1.29 is 18.9 Å². The van der Waals surface area contributed by atoms with Crippen molar-refractivity contribution in [2.24, 2.45) is 30.0 Å². The van der Waals surface area contributed by atoms with E-state index in [1.54, 1.807) is 0 Å². The Balaban J connectivity index is 0.00000356. The van der Waals surface area contributed by atoms with E-state index < -0.39 is 0 Å². The van der Waals surface area contributed by atoms with Crippen molar-refractivity contribution >= 4 is 88.8 Å². The summed E-state index contributed by atoms with van der Waals surface area (Å²) in [6, 6.07) is 50.4. The topological polar surface area (TPSA) is 102 Å². The SMILES string of the molecule is [Li+].c1ccc2cc3c(cc2c1)C1=NC3=NC2=c3cc4ccccc4cc3=C([N]2)N=C2N=C(N=c3[n-]c(c4cc5ccccc5cc34)=N1)c1cc3ccccc3cc12. The van der Waals surface area contributed by atoms with Crippen molar-refractivity contribution in [3.63, 3.8) is 0 Å². The van der Waals surface area contributed by atoms with Crippen molar-refractivity contribution in [2.75, 3.05) is 0 Å². The van der Waals surface area contributed by atoms with Gasteiger partial charge in [0.1, 0.15) is 0 Å². The van der Waals surface area contributed by atoms with Crippen LogP contribution < -0.4 is 50.6 Å². The predicted molar refractivity (Wildman–Crippen MR) is 223 cm³/mol. The Kier molecular flexibility index (Phi) is 6.68. The van der Waals surface area contributed by atoms with Crippen LogP contribution in [0.4, 0.5) is 0 Å². The smallest absolute Gasteiger partial charge is 0.357 e. The quantitative estimate of drug-likeness (QED) is 0.220. The maximum absolute atomic E-state index is 5.24. The zero-order chi connectivity index (χ0) is 36.5. The Morgan fingerprint density at radius 3 is 0.965 bits per heavy atom. The van der Waals surface area contributed by atoms with Crippen LogP contribution in [-0.4, -0.2) is 23.3 Å². The number of rotatable bonds is 0. The van der Waals surface area contributed by atoms with Gasteiger partial charge in [0.05, 0.1) is 11.7 Å². The molecule has 8 bridgehead atoms. The van der Waals surface area contributed by atoms with E-state index in [0.29, 0.717) is 46.0 Å².